The Bertz CT molecular complexity index is 1510. The topological polar surface area (TPSA) is 103 Å². The third-order valence-electron chi connectivity index (χ3n) is 8.19. The molecule has 9 nitrogen and oxygen atoms in total. The first-order valence-electron chi connectivity index (χ1n) is 14.9. The molecule has 3 aromatic rings. The zero-order chi connectivity index (χ0) is 31.5. The lowest BCUT2D eigenvalue weighted by Crippen LogP contribution is -2.66. The monoisotopic (exact) mass is 617 g/mol. The molecule has 232 valence electrons. The molecule has 3 unspecified atom stereocenters. The van der Waals surface area contributed by atoms with E-state index in [1.807, 2.05) is 68.4 Å². The lowest BCUT2D eigenvalue weighted by molar-refractivity contribution is -0.384. The number of benzene rings is 3. The Labute approximate surface area is 260 Å². The van der Waals surface area contributed by atoms with Gasteiger partial charge >= 0.3 is 5.97 Å². The first-order valence-corrected chi connectivity index (χ1v) is 16.0. The van der Waals surface area contributed by atoms with Gasteiger partial charge in [0.15, 0.2) is 0 Å². The molecule has 1 fully saturated rings. The summed E-state index contributed by atoms with van der Waals surface area (Å²) in [6.07, 6.45) is 0. The van der Waals surface area contributed by atoms with E-state index in [1.54, 1.807) is 19.1 Å². The number of nitrogens with zero attached hydrogens (tertiary/aromatic N) is 2. The summed E-state index contributed by atoms with van der Waals surface area (Å²) in [5.74, 6) is -1.88. The number of allylic oxidation sites excluding steroid dienone is 2. The van der Waals surface area contributed by atoms with Gasteiger partial charge in [-0.25, -0.2) is 0 Å². The van der Waals surface area contributed by atoms with Crippen LogP contribution in [-0.4, -0.2) is 36.4 Å². The number of hydrogen-bond donors (Lipinski definition) is 1. The van der Waals surface area contributed by atoms with Crippen LogP contribution in [0.4, 0.5) is 11.4 Å². The van der Waals surface area contributed by atoms with E-state index in [1.165, 1.54) is 6.07 Å². The molecule has 0 spiro atoms. The maximum atomic E-state index is 14.3. The minimum absolute atomic E-state index is 0.0501. The van der Waals surface area contributed by atoms with Crippen LogP contribution in [-0.2, 0) is 25.1 Å². The molecule has 0 radical (unpaired) electrons. The maximum Gasteiger partial charge on any atom is 0.314 e. The lowest BCUT2D eigenvalue weighted by atomic mass is 9.73. The van der Waals surface area contributed by atoms with Crippen molar-refractivity contribution >= 4 is 25.7 Å². The molecule has 1 saturated heterocycles. The van der Waals surface area contributed by atoms with Crippen LogP contribution in [0.2, 0.25) is 0 Å². The molecular formula is C34H40N3O6P. The van der Waals surface area contributed by atoms with Crippen molar-refractivity contribution in [3.8, 4) is 0 Å². The average molecular weight is 618 g/mol. The molecule has 0 bridgehead atoms. The largest absolute Gasteiger partial charge is 0.466 e. The Hall–Kier alpha value is -3.78. The van der Waals surface area contributed by atoms with Gasteiger partial charge < -0.3 is 24.0 Å². The van der Waals surface area contributed by atoms with Crippen LogP contribution in [0.3, 0.4) is 0 Å². The Morgan fingerprint density at radius 3 is 2.27 bits per heavy atom. The molecule has 0 aliphatic carbocycles. The van der Waals surface area contributed by atoms with Gasteiger partial charge in [0.25, 0.3) is 5.69 Å². The highest BCUT2D eigenvalue weighted by Crippen LogP contribution is 2.62. The van der Waals surface area contributed by atoms with Crippen molar-refractivity contribution in [1.29, 1.82) is 0 Å². The van der Waals surface area contributed by atoms with E-state index in [9.17, 15) is 14.9 Å². The van der Waals surface area contributed by atoms with Gasteiger partial charge in [-0.1, -0.05) is 74.5 Å². The molecule has 0 amide bonds. The molecule has 3 aromatic carbocycles. The number of non-ortho nitro benzene ring substituents is 1. The SMILES string of the molecule is CCOC(=O)C1C(c2cccc([N+](=O)[O-])c2)C(P2OCC(C)(C)CO2)=C(C)NC1(C)N(Cc1ccccc1)c1ccccc1. The molecule has 44 heavy (non-hydrogen) atoms. The van der Waals surface area contributed by atoms with E-state index in [-0.39, 0.29) is 17.7 Å². The first-order chi connectivity index (χ1) is 21.0. The lowest BCUT2D eigenvalue weighted by Gasteiger charge is -2.54. The predicted octanol–water partition coefficient (Wildman–Crippen LogP) is 7.50. The molecule has 10 heteroatoms. The number of anilines is 1. The van der Waals surface area contributed by atoms with Crippen molar-refractivity contribution < 1.29 is 23.5 Å². The van der Waals surface area contributed by atoms with Crippen molar-refractivity contribution in [1.82, 2.24) is 5.32 Å². The zero-order valence-corrected chi connectivity index (χ0v) is 26.8. The van der Waals surface area contributed by atoms with E-state index in [0.717, 1.165) is 22.3 Å². The Balaban J connectivity index is 1.74. The predicted molar refractivity (Wildman–Crippen MR) is 172 cm³/mol. The summed E-state index contributed by atoms with van der Waals surface area (Å²) in [4.78, 5) is 28.0. The van der Waals surface area contributed by atoms with Crippen molar-refractivity contribution in [2.45, 2.75) is 52.7 Å². The smallest absolute Gasteiger partial charge is 0.314 e. The van der Waals surface area contributed by atoms with Crippen LogP contribution in [0, 0.1) is 21.4 Å². The second-order valence-electron chi connectivity index (χ2n) is 12.2. The van der Waals surface area contributed by atoms with Gasteiger partial charge in [0, 0.05) is 46.7 Å². The number of rotatable bonds is 9. The zero-order valence-electron chi connectivity index (χ0n) is 25.9. The van der Waals surface area contributed by atoms with Crippen LogP contribution >= 0.6 is 8.38 Å². The van der Waals surface area contributed by atoms with E-state index >= 15 is 0 Å². The molecule has 1 N–H and O–H groups in total. The fraction of sp³-hybridized carbons (Fsp3) is 0.382. The van der Waals surface area contributed by atoms with Gasteiger partial charge in [0.05, 0.1) is 24.7 Å². The van der Waals surface area contributed by atoms with Crippen molar-refractivity contribution in [2.75, 3.05) is 24.7 Å². The van der Waals surface area contributed by atoms with Crippen molar-refractivity contribution in [2.24, 2.45) is 11.3 Å². The molecule has 2 aliphatic heterocycles. The fourth-order valence-electron chi connectivity index (χ4n) is 6.09. The molecular weight excluding hydrogens is 577 g/mol. The fourth-order valence-corrected chi connectivity index (χ4v) is 8.23. The minimum Gasteiger partial charge on any atom is -0.466 e. The number of nitro benzene ring substituents is 1. The van der Waals surface area contributed by atoms with Crippen LogP contribution in [0.25, 0.3) is 0 Å². The molecule has 5 rings (SSSR count). The van der Waals surface area contributed by atoms with Crippen LogP contribution in [0.1, 0.15) is 51.7 Å². The van der Waals surface area contributed by atoms with Gasteiger partial charge in [0.2, 0.25) is 8.38 Å². The average Bonchev–Trinajstić information content (AvgIpc) is 3.01. The molecule has 3 atom stereocenters. The van der Waals surface area contributed by atoms with Crippen molar-refractivity contribution in [3.05, 3.63) is 117 Å². The second kappa shape index (κ2) is 13.1. The quantitative estimate of drug-likeness (QED) is 0.114. The number of nitro groups is 1. The Kier molecular flexibility index (Phi) is 9.39. The summed E-state index contributed by atoms with van der Waals surface area (Å²) in [6.45, 7) is 11.6. The summed E-state index contributed by atoms with van der Waals surface area (Å²) in [5, 5.41) is 16.5. The number of hydrogen-bond acceptors (Lipinski definition) is 8. The van der Waals surface area contributed by atoms with Gasteiger partial charge in [-0.05, 0) is 44.0 Å². The molecule has 2 aliphatic rings. The summed E-state index contributed by atoms with van der Waals surface area (Å²) < 4.78 is 18.6. The normalized spacial score (nSPS) is 23.5. The molecule has 0 saturated carbocycles. The van der Waals surface area contributed by atoms with Gasteiger partial charge in [-0.3, -0.25) is 14.9 Å². The summed E-state index contributed by atoms with van der Waals surface area (Å²) in [7, 11) is -1.58. The number of carbonyl (C=O) groups excluding carboxylic acids is 1. The summed E-state index contributed by atoms with van der Waals surface area (Å²) >= 11 is 0. The molecule has 2 heterocycles. The van der Waals surface area contributed by atoms with Gasteiger partial charge in [0.1, 0.15) is 11.6 Å². The van der Waals surface area contributed by atoms with Crippen LogP contribution < -0.4 is 10.2 Å². The van der Waals surface area contributed by atoms with Crippen molar-refractivity contribution in [3.63, 3.8) is 0 Å². The van der Waals surface area contributed by atoms with E-state index in [0.29, 0.717) is 25.3 Å². The van der Waals surface area contributed by atoms with Crippen LogP contribution in [0.5, 0.6) is 0 Å². The van der Waals surface area contributed by atoms with E-state index in [4.69, 9.17) is 13.8 Å². The highest BCUT2D eigenvalue weighted by Gasteiger charge is 2.56. The van der Waals surface area contributed by atoms with Crippen LogP contribution in [0.15, 0.2) is 95.9 Å². The first kappa shape index (κ1) is 31.6. The highest BCUT2D eigenvalue weighted by atomic mass is 31.2. The summed E-state index contributed by atoms with van der Waals surface area (Å²) in [6, 6.07) is 26.6. The Morgan fingerprint density at radius 1 is 1.02 bits per heavy atom. The molecule has 0 aromatic heterocycles. The minimum atomic E-state index is -1.58. The second-order valence-corrected chi connectivity index (χ2v) is 13.7. The number of carbonyl (C=O) groups is 1. The summed E-state index contributed by atoms with van der Waals surface area (Å²) in [5.41, 5.74) is 2.17. The third-order valence-corrected chi connectivity index (χ3v) is 9.93. The third kappa shape index (κ3) is 6.50. The van der Waals surface area contributed by atoms with E-state index in [2.05, 4.69) is 36.2 Å². The van der Waals surface area contributed by atoms with E-state index < -0.39 is 36.8 Å². The number of ether oxygens (including phenoxy) is 1. The Morgan fingerprint density at radius 2 is 1.66 bits per heavy atom. The number of nitrogens with one attached hydrogen (secondary N) is 1. The standard InChI is InChI=1S/C34H40N3O6P/c1-6-41-32(38)30-29(26-16-13-19-28(20-26)37(39)40)31(44-42-22-33(3,4)23-43-44)24(2)35-34(30,5)36(27-17-11-8-12-18-27)21-25-14-9-7-10-15-25/h7-20,29-30,35H,6,21-23H2,1-5H3. The van der Waals surface area contributed by atoms with Gasteiger partial charge in [-0.2, -0.15) is 0 Å². The number of para-hydroxylation sites is 1. The highest BCUT2D eigenvalue weighted by molar-refractivity contribution is 7.52. The number of esters is 1. The maximum absolute atomic E-state index is 14.3. The van der Waals surface area contributed by atoms with Gasteiger partial charge in [-0.15, -0.1) is 0 Å².